The van der Waals surface area contributed by atoms with Crippen molar-refractivity contribution in [3.05, 3.63) is 0 Å². The third kappa shape index (κ3) is 4.78. The molecule has 0 fully saturated rings. The molecule has 0 aliphatic rings. The zero-order valence-corrected chi connectivity index (χ0v) is 8.08. The Kier molecular flexibility index (Phi) is 7.81. The van der Waals surface area contributed by atoms with Crippen LogP contribution in [-0.2, 0) is 0 Å². The van der Waals surface area contributed by atoms with Crippen molar-refractivity contribution in [3.8, 4) is 0 Å². The first-order valence-electron chi connectivity index (χ1n) is 4.33. The largest absolute Gasteiger partial charge is 0.158 e. The fourth-order valence-corrected chi connectivity index (χ4v) is 1.54. The number of hydrogen-bond donors (Lipinski definition) is 0. The van der Waals surface area contributed by atoms with Crippen LogP contribution in [0, 0.1) is 0 Å². The van der Waals surface area contributed by atoms with E-state index in [-0.39, 0.29) is 26.9 Å². The van der Waals surface area contributed by atoms with E-state index in [1.54, 1.807) is 0 Å². The molecule has 0 aromatic heterocycles. The highest BCUT2D eigenvalue weighted by atomic mass is 13.2. The van der Waals surface area contributed by atoms with Crippen LogP contribution in [0.5, 0.6) is 0 Å². The Hall–Kier alpha value is 0.974. The maximum absolute atomic E-state index is 5.92. The monoisotopic (exact) mass is 168 g/mol. The Morgan fingerprint density at radius 1 is 0.667 bits per heavy atom. The lowest BCUT2D eigenvalue weighted by atomic mass is 8.46. The molecule has 49 valence electrons. The summed E-state index contributed by atoms with van der Waals surface area (Å²) in [5.74, 6) is 0. The molecule has 0 spiro atoms. The highest BCUT2D eigenvalue weighted by Gasteiger charge is 2.35. The minimum absolute atomic E-state index is 0.0479. The Morgan fingerprint density at radius 2 is 1.00 bits per heavy atom. The fraction of sp³-hybridized carbons (Fsp3) is 0. The molecule has 0 atom stereocenters. The maximum atomic E-state index is 5.92. The van der Waals surface area contributed by atoms with E-state index in [1.807, 2.05) is 7.06 Å². The van der Waals surface area contributed by atoms with E-state index < -0.39 is 19.2 Å². The van der Waals surface area contributed by atoms with Crippen molar-refractivity contribution in [1.29, 1.82) is 0 Å². The summed E-state index contributed by atoms with van der Waals surface area (Å²) in [4.78, 5) is 0. The summed E-state index contributed by atoms with van der Waals surface area (Å²) in [6.45, 7) is 0. The molecule has 0 saturated carbocycles. The van der Waals surface area contributed by atoms with Gasteiger partial charge in [-0.05, 0) is 92.5 Å². The molecular formula is H3B15-. The summed E-state index contributed by atoms with van der Waals surface area (Å²) >= 11 is 0. The first kappa shape index (κ1) is 16.0. The second kappa shape index (κ2) is 7.33. The van der Waals surface area contributed by atoms with Crippen LogP contribution in [0.4, 0.5) is 0 Å². The van der Waals surface area contributed by atoms with E-state index in [9.17, 15) is 0 Å². The van der Waals surface area contributed by atoms with Gasteiger partial charge >= 0.3 is 0 Å². The van der Waals surface area contributed by atoms with Gasteiger partial charge in [-0.2, -0.15) is 7.06 Å². The van der Waals surface area contributed by atoms with Gasteiger partial charge in [0, 0.05) is 0 Å². The van der Waals surface area contributed by atoms with Gasteiger partial charge in [0.1, 0.15) is 0 Å². The Bertz CT molecular complexity index is 147. The summed E-state index contributed by atoms with van der Waals surface area (Å²) in [6, 6.07) is 0. The summed E-state index contributed by atoms with van der Waals surface area (Å²) in [7, 11) is 41.8. The Balaban J connectivity index is 4.84. The van der Waals surface area contributed by atoms with Crippen LogP contribution in [0.3, 0.4) is 0 Å². The molecule has 0 unspecified atom stereocenters. The topological polar surface area (TPSA) is 0 Å². The van der Waals surface area contributed by atoms with Gasteiger partial charge in [0.15, 0.2) is 0 Å². The zero-order valence-electron chi connectivity index (χ0n) is 8.08. The van der Waals surface area contributed by atoms with Crippen molar-refractivity contribution in [3.63, 3.8) is 0 Å². The summed E-state index contributed by atoms with van der Waals surface area (Å²) in [6.07, 6.45) is -2.84. The summed E-state index contributed by atoms with van der Waals surface area (Å²) in [5, 5.41) is 0. The predicted octanol–water partition coefficient (Wildman–Crippen LogP) is -6.52. The van der Waals surface area contributed by atoms with Gasteiger partial charge < -0.3 is 0 Å². The van der Waals surface area contributed by atoms with Crippen molar-refractivity contribution in [2.24, 2.45) is 0 Å². The molecule has 0 aliphatic heterocycles. The first-order chi connectivity index (χ1) is 6.82. The van der Waals surface area contributed by atoms with Gasteiger partial charge in [0.2, 0.25) is 0 Å². The second-order valence-corrected chi connectivity index (χ2v) is 3.46. The molecule has 0 nitrogen and oxygen atoms in total. The third-order valence-corrected chi connectivity index (χ3v) is 2.22. The molecule has 15 heavy (non-hydrogen) atoms. The van der Waals surface area contributed by atoms with E-state index in [0.29, 0.717) is 0 Å². The molecule has 0 N–H and O–H groups in total. The van der Waals surface area contributed by atoms with Crippen LogP contribution in [0.15, 0.2) is 0 Å². The van der Waals surface area contributed by atoms with E-state index in [1.165, 1.54) is 0 Å². The zero-order chi connectivity index (χ0) is 12.2. The smallest absolute Gasteiger partial charge is 0.0000000126 e. The van der Waals surface area contributed by atoms with Crippen LogP contribution in [-0.4, -0.2) is 107 Å². The van der Waals surface area contributed by atoms with Crippen LogP contribution < -0.4 is 0 Å². The molecule has 0 aromatic rings. The van der Waals surface area contributed by atoms with E-state index >= 15 is 0 Å². The maximum Gasteiger partial charge on any atom is -0.0000000126 e. The molecule has 0 amide bonds. The van der Waals surface area contributed by atoms with Crippen molar-refractivity contribution >= 4 is 107 Å². The average Bonchev–Trinajstić information content (AvgIpc) is 2.10. The molecular weight excluding hydrogens is 162 g/mol. The summed E-state index contributed by atoms with van der Waals surface area (Å²) in [5.41, 5.74) is 0. The van der Waals surface area contributed by atoms with Crippen LogP contribution in [0.25, 0.3) is 0 Å². The standard InChI is InChI=1S/B15H3/c1-9-13(8)15(12(6)7)14(10(2)3)11(4)5/h1H3/q-1. The van der Waals surface area contributed by atoms with Crippen LogP contribution >= 0.6 is 0 Å². The van der Waals surface area contributed by atoms with E-state index in [4.69, 9.17) is 54.2 Å². The van der Waals surface area contributed by atoms with Crippen molar-refractivity contribution in [2.45, 2.75) is 0 Å². The Labute approximate surface area is 107 Å². The fourth-order valence-electron chi connectivity index (χ4n) is 1.54. The Morgan fingerprint density at radius 3 is 1.20 bits per heavy atom. The van der Waals surface area contributed by atoms with Gasteiger partial charge in [-0.15, -0.1) is 0 Å². The second-order valence-electron chi connectivity index (χ2n) is 3.46. The lowest BCUT2D eigenvalue weighted by molar-refractivity contribution is 3.40. The van der Waals surface area contributed by atoms with Crippen molar-refractivity contribution in [1.82, 2.24) is 0 Å². The molecule has 0 aromatic carbocycles. The van der Waals surface area contributed by atoms with E-state index in [2.05, 4.69) is 0 Å². The molecule has 0 saturated heterocycles. The normalized spacial score (nSPS) is 8.87. The summed E-state index contributed by atoms with van der Waals surface area (Å²) < 4.78 is 0. The van der Waals surface area contributed by atoms with Crippen LogP contribution in [0.1, 0.15) is 0 Å². The number of rotatable bonds is 6. The lowest BCUT2D eigenvalue weighted by Gasteiger charge is -2.36. The molecule has 0 aliphatic carbocycles. The minimum Gasteiger partial charge on any atom is -0.158 e. The molecule has 0 heterocycles. The SMILES string of the molecule is [B]B([B])B(B([B])[B])B(B([B])[B])B([B])[B][BH3-]. The highest BCUT2D eigenvalue weighted by molar-refractivity contribution is 8.12. The van der Waals surface area contributed by atoms with Gasteiger partial charge in [-0.3, -0.25) is 0 Å². The molecule has 15 heteroatoms. The van der Waals surface area contributed by atoms with Crippen molar-refractivity contribution in [2.75, 3.05) is 0 Å². The number of hydrogen-bond acceptors (Lipinski definition) is 0. The molecule has 0 rings (SSSR count). The molecule has 15 radical (unpaired) electrons. The molecule has 0 bridgehead atoms. The highest BCUT2D eigenvalue weighted by Crippen LogP contribution is 1.98. The lowest BCUT2D eigenvalue weighted by Crippen LogP contribution is -2.73. The van der Waals surface area contributed by atoms with Crippen molar-refractivity contribution < 1.29 is 0 Å². The average molecular weight is 165 g/mol. The van der Waals surface area contributed by atoms with Crippen LogP contribution in [0.2, 0.25) is 0 Å². The van der Waals surface area contributed by atoms with Gasteiger partial charge in [-0.1, -0.05) is 7.74 Å². The minimum atomic E-state index is -0.671. The predicted molar refractivity (Wildman–Crippen MR) is 90.5 cm³/mol. The third-order valence-electron chi connectivity index (χ3n) is 2.22. The van der Waals surface area contributed by atoms with E-state index in [0.717, 1.165) is 0 Å². The van der Waals surface area contributed by atoms with Gasteiger partial charge in [0.05, 0.1) is 0 Å². The van der Waals surface area contributed by atoms with Gasteiger partial charge in [-0.25, -0.2) is 0 Å². The first-order valence-corrected chi connectivity index (χ1v) is 4.33. The quantitative estimate of drug-likeness (QED) is 0.343. The van der Waals surface area contributed by atoms with Gasteiger partial charge in [0.25, 0.3) is 0 Å².